The van der Waals surface area contributed by atoms with Crippen LogP contribution >= 0.6 is 0 Å². The highest BCUT2D eigenvalue weighted by molar-refractivity contribution is 5.92. The second-order valence-corrected chi connectivity index (χ2v) is 5.24. The molecule has 0 aliphatic heterocycles. The standard InChI is InChI=1S/C17H23NO3/c1-20-16-6-3-2-5-15(16)9-10-17(19)18-11-4-12-21-13-14-7-8-14/h2-3,5-6,9-10,14H,4,7-8,11-13H2,1H3,(H,18,19)/b10-9+. The van der Waals surface area contributed by atoms with Gasteiger partial charge in [-0.15, -0.1) is 0 Å². The van der Waals surface area contributed by atoms with Crippen LogP contribution in [0.25, 0.3) is 6.08 Å². The van der Waals surface area contributed by atoms with Gasteiger partial charge in [-0.25, -0.2) is 0 Å². The molecular weight excluding hydrogens is 266 g/mol. The van der Waals surface area contributed by atoms with Gasteiger partial charge in [-0.2, -0.15) is 0 Å². The average molecular weight is 289 g/mol. The van der Waals surface area contributed by atoms with Crippen molar-refractivity contribution in [3.8, 4) is 5.75 Å². The van der Waals surface area contributed by atoms with Gasteiger partial charge in [0.15, 0.2) is 0 Å². The Morgan fingerprint density at radius 2 is 2.19 bits per heavy atom. The molecule has 1 aliphatic carbocycles. The zero-order valence-electron chi connectivity index (χ0n) is 12.5. The number of benzene rings is 1. The molecule has 1 aliphatic rings. The summed E-state index contributed by atoms with van der Waals surface area (Å²) < 4.78 is 10.7. The van der Waals surface area contributed by atoms with E-state index in [1.807, 2.05) is 24.3 Å². The Morgan fingerprint density at radius 3 is 2.95 bits per heavy atom. The van der Waals surface area contributed by atoms with Crippen LogP contribution < -0.4 is 10.1 Å². The predicted molar refractivity (Wildman–Crippen MR) is 83.2 cm³/mol. The summed E-state index contributed by atoms with van der Waals surface area (Å²) in [5.74, 6) is 1.46. The summed E-state index contributed by atoms with van der Waals surface area (Å²) >= 11 is 0. The summed E-state index contributed by atoms with van der Waals surface area (Å²) in [5, 5.41) is 2.85. The summed E-state index contributed by atoms with van der Waals surface area (Å²) in [6.07, 6.45) is 6.76. The van der Waals surface area contributed by atoms with Crippen molar-refractivity contribution in [3.05, 3.63) is 35.9 Å². The minimum atomic E-state index is -0.0944. The molecule has 1 fully saturated rings. The van der Waals surface area contributed by atoms with Crippen LogP contribution in [0, 0.1) is 5.92 Å². The first kappa shape index (κ1) is 15.6. The molecule has 0 unspecified atom stereocenters. The summed E-state index contributed by atoms with van der Waals surface area (Å²) in [6, 6.07) is 7.60. The van der Waals surface area contributed by atoms with E-state index in [1.165, 1.54) is 18.9 Å². The smallest absolute Gasteiger partial charge is 0.244 e. The average Bonchev–Trinajstić information content (AvgIpc) is 3.33. The van der Waals surface area contributed by atoms with E-state index in [-0.39, 0.29) is 5.91 Å². The third-order valence-corrected chi connectivity index (χ3v) is 3.37. The Kier molecular flexibility index (Phi) is 6.28. The second kappa shape index (κ2) is 8.47. The number of amides is 1. The van der Waals surface area contributed by atoms with Crippen LogP contribution in [0.3, 0.4) is 0 Å². The maximum atomic E-state index is 11.7. The zero-order valence-corrected chi connectivity index (χ0v) is 12.5. The number of nitrogens with one attached hydrogen (secondary N) is 1. The van der Waals surface area contributed by atoms with Gasteiger partial charge in [0.25, 0.3) is 0 Å². The maximum absolute atomic E-state index is 11.7. The molecule has 1 aromatic rings. The van der Waals surface area contributed by atoms with Gasteiger partial charge in [-0.05, 0) is 37.3 Å². The van der Waals surface area contributed by atoms with Gasteiger partial charge in [-0.3, -0.25) is 4.79 Å². The number of ether oxygens (including phenoxy) is 2. The Bertz CT molecular complexity index is 481. The van der Waals surface area contributed by atoms with Crippen molar-refractivity contribution in [1.82, 2.24) is 5.32 Å². The lowest BCUT2D eigenvalue weighted by Gasteiger charge is -2.05. The van der Waals surface area contributed by atoms with Crippen LogP contribution in [0.15, 0.2) is 30.3 Å². The van der Waals surface area contributed by atoms with Crippen molar-refractivity contribution < 1.29 is 14.3 Å². The van der Waals surface area contributed by atoms with Gasteiger partial charge < -0.3 is 14.8 Å². The first-order chi connectivity index (χ1) is 10.3. The first-order valence-corrected chi connectivity index (χ1v) is 7.46. The number of hydrogen-bond acceptors (Lipinski definition) is 3. The van der Waals surface area contributed by atoms with E-state index < -0.39 is 0 Å². The third kappa shape index (κ3) is 6.00. The molecule has 4 nitrogen and oxygen atoms in total. The molecule has 0 aromatic heterocycles. The third-order valence-electron chi connectivity index (χ3n) is 3.37. The molecule has 1 amide bonds. The topological polar surface area (TPSA) is 47.6 Å². The van der Waals surface area contributed by atoms with Crippen LogP contribution in [0.1, 0.15) is 24.8 Å². The largest absolute Gasteiger partial charge is 0.496 e. The van der Waals surface area contributed by atoms with Crippen LogP contribution in [-0.4, -0.2) is 32.8 Å². The van der Waals surface area contributed by atoms with E-state index in [2.05, 4.69) is 5.32 Å². The molecular formula is C17H23NO3. The number of carbonyl (C=O) groups excluding carboxylic acids is 1. The fourth-order valence-corrected chi connectivity index (χ4v) is 1.95. The molecule has 4 heteroatoms. The summed E-state index contributed by atoms with van der Waals surface area (Å²) in [5.41, 5.74) is 0.892. The summed E-state index contributed by atoms with van der Waals surface area (Å²) in [7, 11) is 1.62. The molecule has 21 heavy (non-hydrogen) atoms. The Labute approximate surface area is 126 Å². The highest BCUT2D eigenvalue weighted by Gasteiger charge is 2.20. The van der Waals surface area contributed by atoms with E-state index in [0.29, 0.717) is 13.2 Å². The number of rotatable bonds is 9. The minimum Gasteiger partial charge on any atom is -0.496 e. The maximum Gasteiger partial charge on any atom is 0.244 e. The molecule has 1 N–H and O–H groups in total. The molecule has 0 spiro atoms. The van der Waals surface area contributed by atoms with E-state index in [4.69, 9.17) is 9.47 Å². The SMILES string of the molecule is COc1ccccc1/C=C/C(=O)NCCCOCC1CC1. The van der Waals surface area contributed by atoms with E-state index in [0.717, 1.165) is 30.3 Å². The Balaban J connectivity index is 1.62. The van der Waals surface area contributed by atoms with Crippen LogP contribution in [-0.2, 0) is 9.53 Å². The first-order valence-electron chi connectivity index (χ1n) is 7.46. The lowest BCUT2D eigenvalue weighted by atomic mass is 10.2. The van der Waals surface area contributed by atoms with Crippen LogP contribution in [0.2, 0.25) is 0 Å². The monoisotopic (exact) mass is 289 g/mol. The lowest BCUT2D eigenvalue weighted by molar-refractivity contribution is -0.116. The van der Waals surface area contributed by atoms with E-state index in [9.17, 15) is 4.79 Å². The Morgan fingerprint density at radius 1 is 1.38 bits per heavy atom. The minimum absolute atomic E-state index is 0.0944. The summed E-state index contributed by atoms with van der Waals surface area (Å²) in [4.78, 5) is 11.7. The van der Waals surface area contributed by atoms with Gasteiger partial charge in [0.1, 0.15) is 5.75 Å². The van der Waals surface area contributed by atoms with Crippen molar-refractivity contribution in [2.75, 3.05) is 26.9 Å². The molecule has 0 atom stereocenters. The number of carbonyl (C=O) groups is 1. The zero-order chi connectivity index (χ0) is 14.9. The van der Waals surface area contributed by atoms with Crippen LogP contribution in [0.4, 0.5) is 0 Å². The summed E-state index contributed by atoms with van der Waals surface area (Å²) in [6.45, 7) is 2.23. The molecule has 1 saturated carbocycles. The fraction of sp³-hybridized carbons (Fsp3) is 0.471. The fourth-order valence-electron chi connectivity index (χ4n) is 1.95. The molecule has 0 saturated heterocycles. The van der Waals surface area contributed by atoms with Gasteiger partial charge >= 0.3 is 0 Å². The lowest BCUT2D eigenvalue weighted by Crippen LogP contribution is -2.23. The highest BCUT2D eigenvalue weighted by atomic mass is 16.5. The molecule has 1 aromatic carbocycles. The van der Waals surface area contributed by atoms with Crippen molar-refractivity contribution in [1.29, 1.82) is 0 Å². The molecule has 0 bridgehead atoms. The van der Waals surface area contributed by atoms with Crippen molar-refractivity contribution >= 4 is 12.0 Å². The van der Waals surface area contributed by atoms with Crippen molar-refractivity contribution in [2.24, 2.45) is 5.92 Å². The van der Waals surface area contributed by atoms with Gasteiger partial charge in [-0.1, -0.05) is 18.2 Å². The Hall–Kier alpha value is -1.81. The molecule has 114 valence electrons. The van der Waals surface area contributed by atoms with Gasteiger partial charge in [0.2, 0.25) is 5.91 Å². The quantitative estimate of drug-likeness (QED) is 0.561. The number of para-hydroxylation sites is 1. The molecule has 2 rings (SSSR count). The highest BCUT2D eigenvalue weighted by Crippen LogP contribution is 2.28. The predicted octanol–water partition coefficient (Wildman–Crippen LogP) is 2.64. The van der Waals surface area contributed by atoms with Crippen molar-refractivity contribution in [2.45, 2.75) is 19.3 Å². The molecule has 0 heterocycles. The van der Waals surface area contributed by atoms with E-state index in [1.54, 1.807) is 13.2 Å². The van der Waals surface area contributed by atoms with Crippen molar-refractivity contribution in [3.63, 3.8) is 0 Å². The number of hydrogen-bond donors (Lipinski definition) is 1. The van der Waals surface area contributed by atoms with E-state index >= 15 is 0 Å². The number of methoxy groups -OCH3 is 1. The molecule has 0 radical (unpaired) electrons. The normalized spacial score (nSPS) is 14.3. The van der Waals surface area contributed by atoms with Gasteiger partial charge in [0, 0.05) is 31.4 Å². The van der Waals surface area contributed by atoms with Crippen LogP contribution in [0.5, 0.6) is 5.75 Å². The second-order valence-electron chi connectivity index (χ2n) is 5.24. The van der Waals surface area contributed by atoms with Gasteiger partial charge in [0.05, 0.1) is 7.11 Å².